The maximum atomic E-state index is 14.5. The Morgan fingerprint density at radius 1 is 1.15 bits per heavy atom. The summed E-state index contributed by atoms with van der Waals surface area (Å²) in [6.07, 6.45) is 7.54. The molecule has 3 aliphatic rings. The quantitative estimate of drug-likeness (QED) is 0.150. The van der Waals surface area contributed by atoms with Crippen LogP contribution in [0.2, 0.25) is 0 Å². The number of nitrogens with zero attached hydrogens (tertiary/aromatic N) is 2. The van der Waals surface area contributed by atoms with Crippen LogP contribution in [-0.2, 0) is 28.7 Å². The summed E-state index contributed by atoms with van der Waals surface area (Å²) >= 11 is 0. The summed E-state index contributed by atoms with van der Waals surface area (Å²) in [5, 5.41) is 12.3. The van der Waals surface area contributed by atoms with Crippen LogP contribution in [0.25, 0.3) is 0 Å². The second-order valence-electron chi connectivity index (χ2n) is 13.6. The molecule has 10 nitrogen and oxygen atoms in total. The van der Waals surface area contributed by atoms with E-state index in [1.54, 1.807) is 22.0 Å². The summed E-state index contributed by atoms with van der Waals surface area (Å²) in [4.78, 5) is 58.8. The van der Waals surface area contributed by atoms with Gasteiger partial charge in [0, 0.05) is 31.7 Å². The maximum absolute atomic E-state index is 14.5. The van der Waals surface area contributed by atoms with Crippen molar-refractivity contribution in [3.8, 4) is 0 Å². The summed E-state index contributed by atoms with van der Waals surface area (Å²) in [5.74, 6) is -2.77. The molecule has 6 atom stereocenters. The maximum Gasteiger partial charge on any atom is 0.306 e. The molecule has 0 unspecified atom stereocenters. The van der Waals surface area contributed by atoms with Crippen LogP contribution in [0.1, 0.15) is 83.7 Å². The number of aliphatic hydroxyl groups is 1. The monoisotopic (exact) mass is 637 g/mol. The van der Waals surface area contributed by atoms with Crippen LogP contribution in [0.5, 0.6) is 0 Å². The van der Waals surface area contributed by atoms with Crippen LogP contribution in [0, 0.1) is 11.8 Å². The molecule has 0 aromatic heterocycles. The molecular weight excluding hydrogens is 586 g/mol. The van der Waals surface area contributed by atoms with Crippen LogP contribution in [0.4, 0.5) is 0 Å². The van der Waals surface area contributed by atoms with E-state index < -0.39 is 41.2 Å². The number of aliphatic hydroxyl groups excluding tert-OH is 1. The van der Waals surface area contributed by atoms with E-state index in [0.29, 0.717) is 45.2 Å². The van der Waals surface area contributed by atoms with Gasteiger partial charge in [-0.1, -0.05) is 55.3 Å². The van der Waals surface area contributed by atoms with E-state index in [4.69, 9.17) is 9.47 Å². The molecule has 10 heteroatoms. The number of hydrogen-bond donors (Lipinski definition) is 2. The molecule has 0 aliphatic carbocycles. The van der Waals surface area contributed by atoms with Crippen molar-refractivity contribution >= 4 is 23.7 Å². The van der Waals surface area contributed by atoms with Crippen molar-refractivity contribution in [2.75, 3.05) is 26.3 Å². The summed E-state index contributed by atoms with van der Waals surface area (Å²) in [6.45, 7) is 14.1. The molecule has 252 valence electrons. The SMILES string of the molecule is C=CCCC(=O)OC[C@H](NC(=O)[C@@H]1[C@@H]2CC[C@]3(O2)[C@H](C(=O)N(CC=C)C(C)(C)C)N(CCCCCCO)C(=O)[C@@H]13)c1ccccc1. The van der Waals surface area contributed by atoms with Gasteiger partial charge < -0.3 is 29.7 Å². The van der Waals surface area contributed by atoms with Gasteiger partial charge in [-0.2, -0.15) is 0 Å². The van der Waals surface area contributed by atoms with Crippen molar-refractivity contribution in [1.29, 1.82) is 0 Å². The molecule has 3 amide bonds. The molecule has 1 aromatic rings. The van der Waals surface area contributed by atoms with Crippen molar-refractivity contribution in [3.63, 3.8) is 0 Å². The molecular formula is C36H51N3O7. The number of likely N-dealkylation sites (tertiary alicyclic amines) is 1. The molecule has 0 saturated carbocycles. The Bertz CT molecular complexity index is 1260. The van der Waals surface area contributed by atoms with Gasteiger partial charge in [-0.05, 0) is 58.4 Å². The highest BCUT2D eigenvalue weighted by molar-refractivity contribution is 5.99. The van der Waals surface area contributed by atoms with Crippen molar-refractivity contribution in [1.82, 2.24) is 15.1 Å². The third kappa shape index (κ3) is 7.39. The second kappa shape index (κ2) is 15.4. The molecule has 3 saturated heterocycles. The first kappa shape index (κ1) is 35.4. The summed E-state index contributed by atoms with van der Waals surface area (Å²) in [7, 11) is 0. The van der Waals surface area contributed by atoms with E-state index in [0.717, 1.165) is 18.4 Å². The highest BCUT2D eigenvalue weighted by Crippen LogP contribution is 2.58. The van der Waals surface area contributed by atoms with Crippen molar-refractivity contribution in [3.05, 3.63) is 61.2 Å². The van der Waals surface area contributed by atoms with Crippen molar-refractivity contribution < 1.29 is 33.8 Å². The molecule has 3 heterocycles. The lowest BCUT2D eigenvalue weighted by Crippen LogP contribution is -2.60. The van der Waals surface area contributed by atoms with Crippen molar-refractivity contribution in [2.24, 2.45) is 11.8 Å². The predicted octanol–water partition coefficient (Wildman–Crippen LogP) is 4.09. The fourth-order valence-electron chi connectivity index (χ4n) is 7.33. The number of benzene rings is 1. The van der Waals surface area contributed by atoms with Crippen LogP contribution in [-0.4, -0.2) is 88.2 Å². The predicted molar refractivity (Wildman–Crippen MR) is 174 cm³/mol. The number of fused-ring (bicyclic) bond motifs is 1. The van der Waals surface area contributed by atoms with E-state index in [1.807, 2.05) is 51.1 Å². The van der Waals surface area contributed by atoms with Gasteiger partial charge in [-0.25, -0.2) is 0 Å². The molecule has 2 N–H and O–H groups in total. The number of unbranched alkanes of at least 4 members (excludes halogenated alkanes) is 3. The first-order valence-corrected chi connectivity index (χ1v) is 16.6. The van der Waals surface area contributed by atoms with E-state index >= 15 is 0 Å². The van der Waals surface area contributed by atoms with Gasteiger partial charge >= 0.3 is 5.97 Å². The van der Waals surface area contributed by atoms with Crippen LogP contribution in [0.15, 0.2) is 55.6 Å². The topological polar surface area (TPSA) is 125 Å². The first-order chi connectivity index (χ1) is 22.0. The van der Waals surface area contributed by atoms with Crippen LogP contribution >= 0.6 is 0 Å². The minimum Gasteiger partial charge on any atom is -0.463 e. The molecule has 3 fully saturated rings. The van der Waals surface area contributed by atoms with E-state index in [-0.39, 0.29) is 43.3 Å². The lowest BCUT2D eigenvalue weighted by atomic mass is 9.70. The lowest BCUT2D eigenvalue weighted by Gasteiger charge is -2.42. The molecule has 2 bridgehead atoms. The van der Waals surface area contributed by atoms with Gasteiger partial charge in [0.25, 0.3) is 0 Å². The molecule has 4 rings (SSSR count). The third-order valence-corrected chi connectivity index (χ3v) is 9.51. The summed E-state index contributed by atoms with van der Waals surface area (Å²) in [6, 6.07) is 7.79. The number of rotatable bonds is 17. The number of hydrogen-bond acceptors (Lipinski definition) is 7. The Labute approximate surface area is 273 Å². The standard InChI is InChI=1S/C36H51N3O7/c1-6-8-18-28(41)45-24-26(25-16-12-11-13-17-25)37-32(42)29-27-19-20-36(46-27)30(29)33(43)38(22-14-9-10-15-23-40)31(36)34(44)39(21-7-2)35(3,4)5/h6-7,11-13,16-17,26-27,29-31,40H,1-2,8-10,14-15,18-24H2,3-5H3,(H,37,42)/t26-,27-,29+,30+,31-,36+/m0/s1. The number of esters is 1. The van der Waals surface area contributed by atoms with E-state index in [2.05, 4.69) is 18.5 Å². The molecule has 1 aromatic carbocycles. The highest BCUT2D eigenvalue weighted by atomic mass is 16.5. The summed E-state index contributed by atoms with van der Waals surface area (Å²) < 4.78 is 12.2. The lowest BCUT2D eigenvalue weighted by molar-refractivity contribution is -0.151. The van der Waals surface area contributed by atoms with Crippen LogP contribution < -0.4 is 5.32 Å². The van der Waals surface area contributed by atoms with E-state index in [1.165, 1.54) is 0 Å². The Morgan fingerprint density at radius 3 is 2.52 bits per heavy atom. The number of amides is 3. The van der Waals surface area contributed by atoms with Gasteiger partial charge in [-0.15, -0.1) is 13.2 Å². The smallest absolute Gasteiger partial charge is 0.306 e. The van der Waals surface area contributed by atoms with Gasteiger partial charge in [-0.3, -0.25) is 19.2 Å². The van der Waals surface area contributed by atoms with Crippen LogP contribution in [0.3, 0.4) is 0 Å². The van der Waals surface area contributed by atoms with E-state index in [9.17, 15) is 24.3 Å². The number of carbonyl (C=O) groups is 4. The Balaban J connectivity index is 1.62. The minimum absolute atomic E-state index is 0.0586. The second-order valence-corrected chi connectivity index (χ2v) is 13.6. The van der Waals surface area contributed by atoms with Gasteiger partial charge in [0.2, 0.25) is 17.7 Å². The Morgan fingerprint density at radius 2 is 1.87 bits per heavy atom. The zero-order valence-corrected chi connectivity index (χ0v) is 27.6. The third-order valence-electron chi connectivity index (χ3n) is 9.51. The van der Waals surface area contributed by atoms with Gasteiger partial charge in [0.15, 0.2) is 0 Å². The first-order valence-electron chi connectivity index (χ1n) is 16.6. The average molecular weight is 638 g/mol. The number of nitrogens with one attached hydrogen (secondary N) is 1. The molecule has 1 spiro atoms. The largest absolute Gasteiger partial charge is 0.463 e. The molecule has 3 aliphatic heterocycles. The normalized spacial score (nSPS) is 25.6. The highest BCUT2D eigenvalue weighted by Gasteiger charge is 2.74. The van der Waals surface area contributed by atoms with Crippen molar-refractivity contribution in [2.45, 2.75) is 101 Å². The summed E-state index contributed by atoms with van der Waals surface area (Å²) in [5.41, 5.74) is -0.877. The Hall–Kier alpha value is -3.50. The average Bonchev–Trinajstić information content (AvgIpc) is 3.67. The fourth-order valence-corrected chi connectivity index (χ4v) is 7.33. The minimum atomic E-state index is -1.12. The molecule has 46 heavy (non-hydrogen) atoms. The number of allylic oxidation sites excluding steroid dienone is 1. The number of carbonyl (C=O) groups excluding carboxylic acids is 4. The zero-order valence-electron chi connectivity index (χ0n) is 27.6. The van der Waals surface area contributed by atoms with Gasteiger partial charge in [0.1, 0.15) is 18.2 Å². The fraction of sp³-hybridized carbons (Fsp3) is 0.611. The Kier molecular flexibility index (Phi) is 11.8. The molecule has 0 radical (unpaired) electrons. The van der Waals surface area contributed by atoms with Gasteiger partial charge in [0.05, 0.1) is 24.0 Å². The zero-order chi connectivity index (χ0) is 33.5. The number of ether oxygens (including phenoxy) is 2.